The summed E-state index contributed by atoms with van der Waals surface area (Å²) < 4.78 is 5.61. The van der Waals surface area contributed by atoms with E-state index in [-0.39, 0.29) is 18.1 Å². The zero-order valence-corrected chi connectivity index (χ0v) is 9.77. The fraction of sp³-hybridized carbons (Fsp3) is 0.143. The van der Waals surface area contributed by atoms with E-state index in [0.29, 0.717) is 16.7 Å². The van der Waals surface area contributed by atoms with Crippen LogP contribution >= 0.6 is 0 Å². The Balaban J connectivity index is 2.57. The van der Waals surface area contributed by atoms with Crippen LogP contribution in [0.5, 0.6) is 11.5 Å². The van der Waals surface area contributed by atoms with Crippen LogP contribution in [-0.4, -0.2) is 15.3 Å². The number of rotatable bonds is 1. The molecule has 0 bridgehead atoms. The van der Waals surface area contributed by atoms with Gasteiger partial charge in [-0.15, -0.1) is 0 Å². The first kappa shape index (κ1) is 10.9. The molecule has 4 heteroatoms. The van der Waals surface area contributed by atoms with E-state index in [1.807, 2.05) is 6.92 Å². The van der Waals surface area contributed by atoms with Crippen LogP contribution in [0.15, 0.2) is 28.7 Å². The van der Waals surface area contributed by atoms with Gasteiger partial charge in [0, 0.05) is 22.9 Å². The van der Waals surface area contributed by atoms with Gasteiger partial charge in [-0.2, -0.15) is 0 Å². The van der Waals surface area contributed by atoms with E-state index in [0.717, 1.165) is 16.3 Å². The van der Waals surface area contributed by atoms with Crippen molar-refractivity contribution in [3.63, 3.8) is 0 Å². The average Bonchev–Trinajstić information content (AvgIpc) is 2.65. The van der Waals surface area contributed by atoms with Gasteiger partial charge in [0.25, 0.3) is 0 Å². The van der Waals surface area contributed by atoms with Gasteiger partial charge in [0.15, 0.2) is 0 Å². The molecule has 4 nitrogen and oxygen atoms in total. The van der Waals surface area contributed by atoms with Crippen LogP contribution in [0.25, 0.3) is 21.9 Å². The maximum absolute atomic E-state index is 9.57. The Kier molecular flexibility index (Phi) is 2.21. The number of fused-ring (bicyclic) bond motifs is 3. The predicted octanol–water partition coefficient (Wildman–Crippen LogP) is 2.80. The summed E-state index contributed by atoms with van der Waals surface area (Å²) in [5, 5.41) is 30.1. The maximum Gasteiger partial charge on any atom is 0.139 e. The van der Waals surface area contributed by atoms with Gasteiger partial charge >= 0.3 is 0 Å². The van der Waals surface area contributed by atoms with Gasteiger partial charge in [-0.3, -0.25) is 0 Å². The van der Waals surface area contributed by atoms with Crippen molar-refractivity contribution < 1.29 is 19.7 Å². The third kappa shape index (κ3) is 1.43. The highest BCUT2D eigenvalue weighted by molar-refractivity contribution is 6.09. The van der Waals surface area contributed by atoms with Crippen LogP contribution in [0.2, 0.25) is 0 Å². The number of aliphatic hydroxyl groups is 1. The molecule has 0 atom stereocenters. The number of aromatic hydroxyl groups is 2. The highest BCUT2D eigenvalue weighted by Gasteiger charge is 2.15. The summed E-state index contributed by atoms with van der Waals surface area (Å²) in [6, 6.07) is 6.19. The van der Waals surface area contributed by atoms with E-state index in [2.05, 4.69) is 0 Å². The van der Waals surface area contributed by atoms with E-state index < -0.39 is 0 Å². The number of aliphatic hydroxyl groups excluding tert-OH is 1. The minimum atomic E-state index is -0.181. The normalized spacial score (nSPS) is 11.4. The molecule has 0 unspecified atom stereocenters. The molecule has 1 heterocycles. The monoisotopic (exact) mass is 244 g/mol. The van der Waals surface area contributed by atoms with E-state index in [4.69, 9.17) is 4.42 Å². The molecular formula is C14H12O4. The zero-order valence-electron chi connectivity index (χ0n) is 9.77. The minimum absolute atomic E-state index is 0.0486. The lowest BCUT2D eigenvalue weighted by Crippen LogP contribution is -1.85. The van der Waals surface area contributed by atoms with Crippen LogP contribution in [0, 0.1) is 6.92 Å². The Morgan fingerprint density at radius 3 is 2.22 bits per heavy atom. The first-order valence-corrected chi connectivity index (χ1v) is 5.58. The first-order chi connectivity index (χ1) is 8.60. The Hall–Kier alpha value is -2.20. The van der Waals surface area contributed by atoms with Crippen molar-refractivity contribution in [2.24, 2.45) is 0 Å². The summed E-state index contributed by atoms with van der Waals surface area (Å²) in [6.45, 7) is 1.69. The van der Waals surface area contributed by atoms with E-state index >= 15 is 0 Å². The number of hydrogen-bond acceptors (Lipinski definition) is 4. The molecule has 92 valence electrons. The van der Waals surface area contributed by atoms with Crippen molar-refractivity contribution >= 4 is 21.9 Å². The predicted molar refractivity (Wildman–Crippen MR) is 67.7 cm³/mol. The van der Waals surface area contributed by atoms with Gasteiger partial charge in [0.1, 0.15) is 22.7 Å². The average molecular weight is 244 g/mol. The molecule has 2 aromatic carbocycles. The second-order valence-corrected chi connectivity index (χ2v) is 4.37. The molecule has 0 aliphatic heterocycles. The largest absolute Gasteiger partial charge is 0.508 e. The number of benzene rings is 2. The summed E-state index contributed by atoms with van der Waals surface area (Å²) in [6.07, 6.45) is 0. The molecule has 0 amide bonds. The quantitative estimate of drug-likeness (QED) is 0.615. The number of aryl methyl sites for hydroxylation is 1. The van der Waals surface area contributed by atoms with Gasteiger partial charge in [-0.1, -0.05) is 0 Å². The fourth-order valence-electron chi connectivity index (χ4n) is 2.40. The Morgan fingerprint density at radius 1 is 0.944 bits per heavy atom. The molecule has 0 saturated heterocycles. The molecule has 3 aromatic rings. The second-order valence-electron chi connectivity index (χ2n) is 4.37. The Labute approximate surface area is 103 Å². The van der Waals surface area contributed by atoms with Gasteiger partial charge in [-0.25, -0.2) is 0 Å². The van der Waals surface area contributed by atoms with Crippen LogP contribution in [0.1, 0.15) is 11.1 Å². The highest BCUT2D eigenvalue weighted by atomic mass is 16.3. The van der Waals surface area contributed by atoms with Crippen molar-refractivity contribution in [1.29, 1.82) is 0 Å². The Morgan fingerprint density at radius 2 is 1.56 bits per heavy atom. The molecule has 0 aliphatic rings. The standard InChI is InChI=1S/C14H12O4/c1-7-2-9(16)4-11-13(7)14-8(6-15)3-10(17)5-12(14)18-11/h2-5,15-17H,6H2,1H3. The van der Waals surface area contributed by atoms with Crippen molar-refractivity contribution in [3.8, 4) is 11.5 Å². The van der Waals surface area contributed by atoms with Gasteiger partial charge in [0.2, 0.25) is 0 Å². The number of furan rings is 1. The van der Waals surface area contributed by atoms with Gasteiger partial charge < -0.3 is 19.7 Å². The topological polar surface area (TPSA) is 73.8 Å². The molecular weight excluding hydrogens is 232 g/mol. The number of phenolic OH excluding ortho intramolecular Hbond substituents is 2. The van der Waals surface area contributed by atoms with Crippen molar-refractivity contribution in [2.75, 3.05) is 0 Å². The van der Waals surface area contributed by atoms with E-state index in [9.17, 15) is 15.3 Å². The lowest BCUT2D eigenvalue weighted by Gasteiger charge is -2.02. The molecule has 1 aromatic heterocycles. The highest BCUT2D eigenvalue weighted by Crippen LogP contribution is 2.37. The smallest absolute Gasteiger partial charge is 0.139 e. The first-order valence-electron chi connectivity index (χ1n) is 5.58. The van der Waals surface area contributed by atoms with E-state index in [1.165, 1.54) is 18.2 Å². The molecule has 0 aliphatic carbocycles. The molecule has 3 N–H and O–H groups in total. The molecule has 0 fully saturated rings. The molecule has 3 rings (SSSR count). The van der Waals surface area contributed by atoms with Crippen LogP contribution in [0.4, 0.5) is 0 Å². The number of hydrogen-bond donors (Lipinski definition) is 3. The molecule has 0 spiro atoms. The summed E-state index contributed by atoms with van der Waals surface area (Å²) in [5.74, 6) is 0.182. The fourth-order valence-corrected chi connectivity index (χ4v) is 2.40. The summed E-state index contributed by atoms with van der Waals surface area (Å²) in [4.78, 5) is 0. The minimum Gasteiger partial charge on any atom is -0.508 e. The maximum atomic E-state index is 9.57. The van der Waals surface area contributed by atoms with Crippen molar-refractivity contribution in [3.05, 3.63) is 35.4 Å². The van der Waals surface area contributed by atoms with Crippen molar-refractivity contribution in [1.82, 2.24) is 0 Å². The SMILES string of the molecule is Cc1cc(O)cc2oc3cc(O)cc(CO)c3c12. The molecule has 0 saturated carbocycles. The van der Waals surface area contributed by atoms with Gasteiger partial charge in [0.05, 0.1) is 6.61 Å². The van der Waals surface area contributed by atoms with Gasteiger partial charge in [-0.05, 0) is 30.2 Å². The van der Waals surface area contributed by atoms with E-state index in [1.54, 1.807) is 6.07 Å². The molecule has 18 heavy (non-hydrogen) atoms. The third-order valence-electron chi connectivity index (χ3n) is 3.09. The number of phenols is 2. The zero-order chi connectivity index (χ0) is 12.9. The van der Waals surface area contributed by atoms with Crippen molar-refractivity contribution in [2.45, 2.75) is 13.5 Å². The van der Waals surface area contributed by atoms with Crippen LogP contribution < -0.4 is 0 Å². The lowest BCUT2D eigenvalue weighted by atomic mass is 10.0. The van der Waals surface area contributed by atoms with Crippen LogP contribution in [0.3, 0.4) is 0 Å². The Bertz CT molecular complexity index is 755. The van der Waals surface area contributed by atoms with Crippen LogP contribution in [-0.2, 0) is 6.61 Å². The molecule has 0 radical (unpaired) electrons. The second kappa shape index (κ2) is 3.65. The lowest BCUT2D eigenvalue weighted by molar-refractivity contribution is 0.282. The summed E-state index contributed by atoms with van der Waals surface area (Å²) in [7, 11) is 0. The summed E-state index contributed by atoms with van der Waals surface area (Å²) in [5.41, 5.74) is 2.52. The summed E-state index contributed by atoms with van der Waals surface area (Å²) >= 11 is 0. The third-order valence-corrected chi connectivity index (χ3v) is 3.09.